The van der Waals surface area contributed by atoms with Crippen LogP contribution in [0.2, 0.25) is 0 Å². The summed E-state index contributed by atoms with van der Waals surface area (Å²) in [6, 6.07) is 19.6. The highest BCUT2D eigenvalue weighted by Gasteiger charge is 2.38. The summed E-state index contributed by atoms with van der Waals surface area (Å²) < 4.78 is -0.324. The molecular weight excluding hydrogens is 306 g/mol. The first-order chi connectivity index (χ1) is 11.0. The molecule has 0 heterocycles. The lowest BCUT2D eigenvalue weighted by atomic mass is 9.81. The molecule has 0 spiro atoms. The van der Waals surface area contributed by atoms with Crippen LogP contribution in [0, 0.1) is 5.92 Å². The van der Waals surface area contributed by atoms with Crippen molar-refractivity contribution in [1.82, 2.24) is 0 Å². The second kappa shape index (κ2) is 7.66. The van der Waals surface area contributed by atoms with Crippen LogP contribution >= 0.6 is 11.8 Å². The molecule has 0 aliphatic carbocycles. The van der Waals surface area contributed by atoms with Crippen LogP contribution in [0.4, 0.5) is 0 Å². The van der Waals surface area contributed by atoms with Crippen LogP contribution in [0.3, 0.4) is 0 Å². The van der Waals surface area contributed by atoms with E-state index < -0.39 is 12.0 Å². The molecule has 1 atom stereocenters. The highest BCUT2D eigenvalue weighted by atomic mass is 32.2. The van der Waals surface area contributed by atoms with Gasteiger partial charge in [-0.2, -0.15) is 0 Å². The molecule has 0 bridgehead atoms. The van der Waals surface area contributed by atoms with Crippen LogP contribution in [0.15, 0.2) is 60.7 Å². The number of hydrogen-bond donors (Lipinski definition) is 2. The molecule has 2 aromatic rings. The number of aliphatic carboxylic acids is 1. The summed E-state index contributed by atoms with van der Waals surface area (Å²) in [6.07, 6.45) is 0. The molecule has 0 aromatic heterocycles. The van der Waals surface area contributed by atoms with Crippen molar-refractivity contribution in [2.75, 3.05) is 5.75 Å². The zero-order valence-electron chi connectivity index (χ0n) is 13.5. The van der Waals surface area contributed by atoms with Crippen molar-refractivity contribution in [2.45, 2.75) is 24.6 Å². The minimum absolute atomic E-state index is 0.276. The van der Waals surface area contributed by atoms with Gasteiger partial charge < -0.3 is 10.8 Å². The molecule has 0 unspecified atom stereocenters. The van der Waals surface area contributed by atoms with Gasteiger partial charge in [0, 0.05) is 5.75 Å². The van der Waals surface area contributed by atoms with Gasteiger partial charge >= 0.3 is 5.97 Å². The first-order valence-corrected chi connectivity index (χ1v) is 8.70. The third-order valence-electron chi connectivity index (χ3n) is 4.03. The smallest absolute Gasteiger partial charge is 0.321 e. The molecule has 122 valence electrons. The van der Waals surface area contributed by atoms with E-state index in [0.717, 1.165) is 0 Å². The number of carboxylic acids is 1. The van der Waals surface area contributed by atoms with Crippen LogP contribution in [0.1, 0.15) is 25.0 Å². The lowest BCUT2D eigenvalue weighted by Crippen LogP contribution is -2.37. The van der Waals surface area contributed by atoms with Crippen molar-refractivity contribution in [3.8, 4) is 0 Å². The maximum absolute atomic E-state index is 11.1. The maximum atomic E-state index is 11.1. The van der Waals surface area contributed by atoms with Gasteiger partial charge in [0.1, 0.15) is 6.04 Å². The molecule has 0 saturated carbocycles. The summed E-state index contributed by atoms with van der Waals surface area (Å²) in [5.74, 6) is -0.327. The molecule has 2 aromatic carbocycles. The van der Waals surface area contributed by atoms with Gasteiger partial charge in [-0.05, 0) is 17.0 Å². The fourth-order valence-electron chi connectivity index (χ4n) is 2.83. The summed E-state index contributed by atoms with van der Waals surface area (Å²) >= 11 is 1.61. The van der Waals surface area contributed by atoms with Gasteiger partial charge in [-0.1, -0.05) is 74.5 Å². The van der Waals surface area contributed by atoms with E-state index in [2.05, 4.69) is 38.1 Å². The van der Waals surface area contributed by atoms with Gasteiger partial charge in [-0.3, -0.25) is 4.79 Å². The lowest BCUT2D eigenvalue weighted by molar-refractivity contribution is -0.137. The predicted octanol–water partition coefficient (Wildman–Crippen LogP) is 3.73. The quantitative estimate of drug-likeness (QED) is 0.812. The van der Waals surface area contributed by atoms with Crippen LogP contribution in [0.5, 0.6) is 0 Å². The lowest BCUT2D eigenvalue weighted by Gasteiger charge is -2.39. The number of benzene rings is 2. The molecule has 3 N–H and O–H groups in total. The van der Waals surface area contributed by atoms with E-state index in [4.69, 9.17) is 10.8 Å². The zero-order chi connectivity index (χ0) is 16.9. The van der Waals surface area contributed by atoms with E-state index in [1.807, 2.05) is 36.4 Å². The van der Waals surface area contributed by atoms with Crippen LogP contribution in [0.25, 0.3) is 0 Å². The van der Waals surface area contributed by atoms with E-state index in [9.17, 15) is 4.79 Å². The third kappa shape index (κ3) is 3.77. The highest BCUT2D eigenvalue weighted by Crippen LogP contribution is 2.48. The Morgan fingerprint density at radius 1 is 1.04 bits per heavy atom. The summed E-state index contributed by atoms with van der Waals surface area (Å²) in [5, 5.41) is 9.12. The van der Waals surface area contributed by atoms with E-state index in [1.54, 1.807) is 11.8 Å². The average molecular weight is 329 g/mol. The number of carbonyl (C=O) groups is 1. The zero-order valence-corrected chi connectivity index (χ0v) is 14.3. The van der Waals surface area contributed by atoms with Crippen molar-refractivity contribution in [1.29, 1.82) is 0 Å². The van der Waals surface area contributed by atoms with Crippen LogP contribution < -0.4 is 5.73 Å². The second-order valence-corrected chi connectivity index (χ2v) is 7.14. The highest BCUT2D eigenvalue weighted by molar-refractivity contribution is 8.00. The maximum Gasteiger partial charge on any atom is 0.321 e. The average Bonchev–Trinajstić information content (AvgIpc) is 2.56. The van der Waals surface area contributed by atoms with E-state index >= 15 is 0 Å². The Bertz CT molecular complexity index is 589. The number of rotatable bonds is 7. The van der Waals surface area contributed by atoms with Gasteiger partial charge in [0.25, 0.3) is 0 Å². The Hall–Kier alpha value is -1.78. The topological polar surface area (TPSA) is 63.3 Å². The molecular formula is C19H23NO2S. The molecule has 0 aliphatic rings. The van der Waals surface area contributed by atoms with Crippen molar-refractivity contribution in [3.63, 3.8) is 0 Å². The first-order valence-electron chi connectivity index (χ1n) is 7.72. The molecule has 0 amide bonds. The first kappa shape index (κ1) is 17.6. The molecule has 0 radical (unpaired) electrons. The largest absolute Gasteiger partial charge is 0.480 e. The molecule has 4 heteroatoms. The summed E-state index contributed by atoms with van der Waals surface area (Å²) in [4.78, 5) is 11.1. The molecule has 23 heavy (non-hydrogen) atoms. The molecule has 0 fully saturated rings. The molecule has 3 nitrogen and oxygen atoms in total. The van der Waals surface area contributed by atoms with Gasteiger partial charge in [0.05, 0.1) is 4.75 Å². The van der Waals surface area contributed by atoms with Crippen molar-refractivity contribution < 1.29 is 9.90 Å². The van der Waals surface area contributed by atoms with Crippen LogP contribution in [-0.2, 0) is 9.54 Å². The minimum atomic E-state index is -0.962. The van der Waals surface area contributed by atoms with E-state index in [-0.39, 0.29) is 10.7 Å². The minimum Gasteiger partial charge on any atom is -0.480 e. The van der Waals surface area contributed by atoms with Gasteiger partial charge in [-0.25, -0.2) is 0 Å². The van der Waals surface area contributed by atoms with Crippen molar-refractivity contribution >= 4 is 17.7 Å². The standard InChI is InChI=1S/C19H23NO2S/c1-14(2)19(15-9-5-3-6-10-15,16-11-7-4-8-12-16)23-13-17(20)18(21)22/h3-12,14,17H,13,20H2,1-2H3,(H,21,22)/t17-/m0/s1. The molecule has 0 aliphatic heterocycles. The third-order valence-corrected chi connectivity index (χ3v) is 5.95. The predicted molar refractivity (Wildman–Crippen MR) is 96.6 cm³/mol. The second-order valence-electron chi connectivity index (χ2n) is 5.88. The Kier molecular flexibility index (Phi) is 5.85. The van der Waals surface area contributed by atoms with Gasteiger partial charge in [-0.15, -0.1) is 11.8 Å². The van der Waals surface area contributed by atoms with E-state index in [0.29, 0.717) is 5.75 Å². The Morgan fingerprint density at radius 2 is 1.48 bits per heavy atom. The summed E-state index contributed by atoms with van der Waals surface area (Å²) in [6.45, 7) is 4.33. The van der Waals surface area contributed by atoms with E-state index in [1.165, 1.54) is 11.1 Å². The van der Waals surface area contributed by atoms with Gasteiger partial charge in [0.15, 0.2) is 0 Å². The van der Waals surface area contributed by atoms with Crippen molar-refractivity contribution in [2.24, 2.45) is 11.7 Å². The normalized spacial score (nSPS) is 13.0. The Labute approximate surface area is 141 Å². The van der Waals surface area contributed by atoms with Gasteiger partial charge in [0.2, 0.25) is 0 Å². The summed E-state index contributed by atoms with van der Waals surface area (Å²) in [5.41, 5.74) is 8.10. The number of nitrogens with two attached hydrogens (primary N) is 1. The summed E-state index contributed by atoms with van der Waals surface area (Å²) in [7, 11) is 0. The Balaban J connectivity index is 2.50. The molecule has 0 saturated heterocycles. The number of thioether (sulfide) groups is 1. The number of hydrogen-bond acceptors (Lipinski definition) is 3. The monoisotopic (exact) mass is 329 g/mol. The van der Waals surface area contributed by atoms with Crippen molar-refractivity contribution in [3.05, 3.63) is 71.8 Å². The van der Waals surface area contributed by atoms with Crippen LogP contribution in [-0.4, -0.2) is 22.9 Å². The Morgan fingerprint density at radius 3 is 1.83 bits per heavy atom. The fourth-order valence-corrected chi connectivity index (χ4v) is 4.35. The SMILES string of the molecule is CC(C)C(SC[C@H](N)C(=O)O)(c1ccccc1)c1ccccc1. The number of carboxylic acid groups (broad SMARTS) is 1. The molecule has 2 rings (SSSR count). The fraction of sp³-hybridized carbons (Fsp3) is 0.316.